The van der Waals surface area contributed by atoms with Crippen molar-refractivity contribution in [2.75, 3.05) is 13.7 Å². The zero-order chi connectivity index (χ0) is 10.6. The molecule has 1 atom stereocenters. The van der Waals surface area contributed by atoms with Crippen molar-refractivity contribution in [1.29, 1.82) is 0 Å². The smallest absolute Gasteiger partial charge is 0.165 e. The summed E-state index contributed by atoms with van der Waals surface area (Å²) in [4.78, 5) is 0. The molecule has 0 aliphatic rings. The second-order valence-electron chi connectivity index (χ2n) is 3.14. The van der Waals surface area contributed by atoms with Gasteiger partial charge in [-0.2, -0.15) is 0 Å². The fourth-order valence-corrected chi connectivity index (χ4v) is 1.50. The molecule has 0 saturated heterocycles. The predicted octanol–water partition coefficient (Wildman–Crippen LogP) is 2.50. The average Bonchev–Trinajstić information content (AvgIpc) is 2.17. The lowest BCUT2D eigenvalue weighted by Crippen LogP contribution is -2.18. The van der Waals surface area contributed by atoms with Crippen LogP contribution in [0.4, 0.5) is 4.39 Å². The molecule has 2 nitrogen and oxygen atoms in total. The van der Waals surface area contributed by atoms with E-state index in [2.05, 4.69) is 5.32 Å². The molecule has 0 radical (unpaired) electrons. The summed E-state index contributed by atoms with van der Waals surface area (Å²) in [7, 11) is 1.49. The van der Waals surface area contributed by atoms with Gasteiger partial charge < -0.3 is 10.1 Å². The lowest BCUT2D eigenvalue weighted by Gasteiger charge is -2.16. The van der Waals surface area contributed by atoms with Crippen LogP contribution >= 0.6 is 0 Å². The Kier molecular flexibility index (Phi) is 3.89. The highest BCUT2D eigenvalue weighted by Gasteiger charge is 2.13. The van der Waals surface area contributed by atoms with E-state index in [4.69, 9.17) is 4.74 Å². The van der Waals surface area contributed by atoms with Gasteiger partial charge in [-0.25, -0.2) is 4.39 Å². The van der Waals surface area contributed by atoms with Crippen molar-refractivity contribution in [2.24, 2.45) is 0 Å². The Balaban J connectivity index is 3.00. The second-order valence-corrected chi connectivity index (χ2v) is 3.14. The van der Waals surface area contributed by atoms with Crippen LogP contribution in [0.5, 0.6) is 5.75 Å². The molecule has 14 heavy (non-hydrogen) atoms. The molecule has 3 heteroatoms. The van der Waals surface area contributed by atoms with E-state index in [1.54, 1.807) is 6.07 Å². The maximum atomic E-state index is 13.3. The van der Waals surface area contributed by atoms with Crippen molar-refractivity contribution >= 4 is 0 Å². The summed E-state index contributed by atoms with van der Waals surface area (Å²) in [6.07, 6.45) is 0. The molecule has 0 aliphatic carbocycles. The molecular weight excluding hydrogens is 181 g/mol. The second kappa shape index (κ2) is 4.96. The summed E-state index contributed by atoms with van der Waals surface area (Å²) in [5, 5.41) is 3.22. The highest BCUT2D eigenvalue weighted by molar-refractivity contribution is 5.37. The van der Waals surface area contributed by atoms with Crippen molar-refractivity contribution in [3.8, 4) is 5.75 Å². The number of methoxy groups -OCH3 is 1. The highest BCUT2D eigenvalue weighted by atomic mass is 19.1. The van der Waals surface area contributed by atoms with Crippen LogP contribution in [0.25, 0.3) is 0 Å². The number of para-hydroxylation sites is 1. The Bertz CT molecular complexity index is 301. The average molecular weight is 197 g/mol. The minimum absolute atomic E-state index is 0.102. The van der Waals surface area contributed by atoms with Crippen molar-refractivity contribution in [3.05, 3.63) is 29.6 Å². The Morgan fingerprint density at radius 3 is 2.79 bits per heavy atom. The summed E-state index contributed by atoms with van der Waals surface area (Å²) in [6, 6.07) is 5.07. The summed E-state index contributed by atoms with van der Waals surface area (Å²) >= 11 is 0. The minimum Gasteiger partial charge on any atom is -0.493 e. The highest BCUT2D eigenvalue weighted by Crippen LogP contribution is 2.27. The normalized spacial score (nSPS) is 12.6. The van der Waals surface area contributed by atoms with Gasteiger partial charge in [-0.1, -0.05) is 19.1 Å². The minimum atomic E-state index is -0.310. The number of halogens is 1. The largest absolute Gasteiger partial charge is 0.493 e. The Morgan fingerprint density at radius 1 is 1.50 bits per heavy atom. The number of rotatable bonds is 4. The van der Waals surface area contributed by atoms with E-state index in [0.29, 0.717) is 5.75 Å². The zero-order valence-corrected chi connectivity index (χ0v) is 8.80. The molecule has 1 aromatic rings. The topological polar surface area (TPSA) is 21.3 Å². The third-order valence-electron chi connectivity index (χ3n) is 2.18. The molecule has 1 unspecified atom stereocenters. The van der Waals surface area contributed by atoms with Gasteiger partial charge in [-0.05, 0) is 19.5 Å². The molecule has 0 amide bonds. The summed E-state index contributed by atoms with van der Waals surface area (Å²) < 4.78 is 18.3. The van der Waals surface area contributed by atoms with Gasteiger partial charge >= 0.3 is 0 Å². The molecule has 0 saturated carbocycles. The molecular formula is C11H16FNO. The zero-order valence-electron chi connectivity index (χ0n) is 8.80. The third-order valence-corrected chi connectivity index (χ3v) is 2.18. The first kappa shape index (κ1) is 11.0. The van der Waals surface area contributed by atoms with E-state index < -0.39 is 0 Å². The fourth-order valence-electron chi connectivity index (χ4n) is 1.50. The number of nitrogens with one attached hydrogen (secondary N) is 1. The molecule has 0 fully saturated rings. The lowest BCUT2D eigenvalue weighted by atomic mass is 10.1. The quantitative estimate of drug-likeness (QED) is 0.800. The molecule has 0 aliphatic heterocycles. The van der Waals surface area contributed by atoms with Crippen LogP contribution in [0.2, 0.25) is 0 Å². The standard InChI is InChI=1S/C11H16FNO/c1-4-13-8(2)9-6-5-7-10(12)11(9)14-3/h5-8,13H,4H2,1-3H3. The van der Waals surface area contributed by atoms with Gasteiger partial charge in [0.25, 0.3) is 0 Å². The number of hydrogen-bond acceptors (Lipinski definition) is 2. The Hall–Kier alpha value is -1.09. The first-order valence-electron chi connectivity index (χ1n) is 4.76. The van der Waals surface area contributed by atoms with Crippen molar-refractivity contribution in [3.63, 3.8) is 0 Å². The van der Waals surface area contributed by atoms with Gasteiger partial charge in [0.2, 0.25) is 0 Å². The van der Waals surface area contributed by atoms with Gasteiger partial charge in [0.1, 0.15) is 0 Å². The van der Waals surface area contributed by atoms with Crippen molar-refractivity contribution in [2.45, 2.75) is 19.9 Å². The number of ether oxygens (including phenoxy) is 1. The summed E-state index contributed by atoms with van der Waals surface area (Å²) in [6.45, 7) is 4.85. The predicted molar refractivity (Wildman–Crippen MR) is 55.0 cm³/mol. The Labute approximate surface area is 84.1 Å². The maximum Gasteiger partial charge on any atom is 0.165 e. The fraction of sp³-hybridized carbons (Fsp3) is 0.455. The molecule has 78 valence electrons. The van der Waals surface area contributed by atoms with Gasteiger partial charge in [-0.15, -0.1) is 0 Å². The van der Waals surface area contributed by atoms with Crippen LogP contribution < -0.4 is 10.1 Å². The van der Waals surface area contributed by atoms with Gasteiger partial charge in [0.05, 0.1) is 7.11 Å². The summed E-state index contributed by atoms with van der Waals surface area (Å²) in [5.74, 6) is 0.0238. The van der Waals surface area contributed by atoms with E-state index in [0.717, 1.165) is 12.1 Å². The van der Waals surface area contributed by atoms with E-state index in [9.17, 15) is 4.39 Å². The molecule has 0 aromatic heterocycles. The monoisotopic (exact) mass is 197 g/mol. The van der Waals surface area contributed by atoms with E-state index in [-0.39, 0.29) is 11.9 Å². The van der Waals surface area contributed by atoms with Gasteiger partial charge in [0, 0.05) is 11.6 Å². The van der Waals surface area contributed by atoms with E-state index in [1.165, 1.54) is 13.2 Å². The molecule has 1 N–H and O–H groups in total. The van der Waals surface area contributed by atoms with E-state index >= 15 is 0 Å². The van der Waals surface area contributed by atoms with Crippen LogP contribution in [0, 0.1) is 5.82 Å². The SMILES string of the molecule is CCNC(C)c1cccc(F)c1OC. The van der Waals surface area contributed by atoms with Crippen LogP contribution in [0.15, 0.2) is 18.2 Å². The lowest BCUT2D eigenvalue weighted by molar-refractivity contribution is 0.375. The van der Waals surface area contributed by atoms with Crippen LogP contribution in [-0.2, 0) is 0 Å². The number of hydrogen-bond donors (Lipinski definition) is 1. The molecule has 1 rings (SSSR count). The summed E-state index contributed by atoms with van der Waals surface area (Å²) in [5.41, 5.74) is 0.856. The third kappa shape index (κ3) is 2.23. The van der Waals surface area contributed by atoms with Crippen LogP contribution in [0.3, 0.4) is 0 Å². The first-order chi connectivity index (χ1) is 6.70. The maximum absolute atomic E-state index is 13.3. The van der Waals surface area contributed by atoms with Gasteiger partial charge in [-0.3, -0.25) is 0 Å². The van der Waals surface area contributed by atoms with Crippen LogP contribution in [0.1, 0.15) is 25.5 Å². The molecule has 0 bridgehead atoms. The molecule has 0 heterocycles. The number of benzene rings is 1. The van der Waals surface area contributed by atoms with E-state index in [1.807, 2.05) is 19.9 Å². The molecule has 1 aromatic carbocycles. The van der Waals surface area contributed by atoms with Crippen LogP contribution in [-0.4, -0.2) is 13.7 Å². The molecule has 0 spiro atoms. The van der Waals surface area contributed by atoms with Crippen molar-refractivity contribution in [1.82, 2.24) is 5.32 Å². The first-order valence-corrected chi connectivity index (χ1v) is 4.76. The van der Waals surface area contributed by atoms with Crippen molar-refractivity contribution < 1.29 is 9.13 Å². The Morgan fingerprint density at radius 2 is 2.21 bits per heavy atom. The van der Waals surface area contributed by atoms with Gasteiger partial charge in [0.15, 0.2) is 11.6 Å².